The Kier molecular flexibility index (Phi) is 5.42. The van der Waals surface area contributed by atoms with E-state index in [1.165, 1.54) is 0 Å². The van der Waals surface area contributed by atoms with E-state index in [4.69, 9.17) is 9.84 Å². The standard InChI is InChI=1S/C18H29N5O3/c24-17-3-1-4-20(14-17)12-15-11-16-13-22(5-2-6-23(16)19-15)18(25)21-7-9-26-10-8-21/h11,17,24H,1-10,12-14H2/t17-/m1/s1. The summed E-state index contributed by atoms with van der Waals surface area (Å²) in [4.78, 5) is 18.9. The second-order valence-corrected chi connectivity index (χ2v) is 7.54. The van der Waals surface area contributed by atoms with Crippen molar-refractivity contribution in [1.29, 1.82) is 0 Å². The highest BCUT2D eigenvalue weighted by Crippen LogP contribution is 2.18. The summed E-state index contributed by atoms with van der Waals surface area (Å²) in [6, 6.07) is 2.25. The smallest absolute Gasteiger partial charge is 0.320 e. The highest BCUT2D eigenvalue weighted by atomic mass is 16.5. The molecule has 0 bridgehead atoms. The number of β-amino-alcohol motifs (C(OH)–C–C–N with tert-alkyl or cyclic N) is 1. The topological polar surface area (TPSA) is 74.1 Å². The highest BCUT2D eigenvalue weighted by molar-refractivity contribution is 5.74. The fraction of sp³-hybridized carbons (Fsp3) is 0.778. The number of aromatic nitrogens is 2. The molecule has 0 spiro atoms. The van der Waals surface area contributed by atoms with Gasteiger partial charge in [-0.1, -0.05) is 0 Å². The Hall–Kier alpha value is -1.64. The number of nitrogens with zero attached hydrogens (tertiary/aromatic N) is 5. The van der Waals surface area contributed by atoms with Crippen LogP contribution < -0.4 is 0 Å². The molecular formula is C18H29N5O3. The van der Waals surface area contributed by atoms with E-state index in [0.29, 0.717) is 32.8 Å². The SMILES string of the molecule is O=C(N1CCOCC1)N1CCCn2nc(CN3CCC[C@@H](O)C3)cc2C1. The number of aliphatic hydroxyl groups excluding tert-OH is 1. The Morgan fingerprint density at radius 1 is 1.15 bits per heavy atom. The van der Waals surface area contributed by atoms with E-state index >= 15 is 0 Å². The monoisotopic (exact) mass is 363 g/mol. The number of carbonyl (C=O) groups excluding carboxylic acids is 1. The minimum atomic E-state index is -0.217. The fourth-order valence-corrected chi connectivity index (χ4v) is 4.12. The average Bonchev–Trinajstić information content (AvgIpc) is 2.91. The predicted octanol–water partition coefficient (Wildman–Crippen LogP) is 0.498. The molecule has 2 fully saturated rings. The number of urea groups is 1. The molecule has 0 radical (unpaired) electrons. The zero-order chi connectivity index (χ0) is 17.9. The van der Waals surface area contributed by atoms with E-state index in [0.717, 1.165) is 63.4 Å². The Labute approximate surface area is 154 Å². The predicted molar refractivity (Wildman–Crippen MR) is 95.6 cm³/mol. The van der Waals surface area contributed by atoms with Crippen LogP contribution in [-0.4, -0.2) is 87.7 Å². The second kappa shape index (κ2) is 7.94. The van der Waals surface area contributed by atoms with Gasteiger partial charge in [0.1, 0.15) is 0 Å². The van der Waals surface area contributed by atoms with Crippen molar-refractivity contribution in [3.8, 4) is 0 Å². The third kappa shape index (κ3) is 4.02. The molecule has 2 amide bonds. The van der Waals surface area contributed by atoms with Crippen molar-refractivity contribution in [3.05, 3.63) is 17.5 Å². The lowest BCUT2D eigenvalue weighted by Crippen LogP contribution is -2.48. The van der Waals surface area contributed by atoms with Gasteiger partial charge in [0.05, 0.1) is 37.3 Å². The van der Waals surface area contributed by atoms with E-state index in [1.807, 2.05) is 9.80 Å². The summed E-state index contributed by atoms with van der Waals surface area (Å²) in [7, 11) is 0. The number of morpholine rings is 1. The van der Waals surface area contributed by atoms with Gasteiger partial charge in [-0.25, -0.2) is 4.79 Å². The maximum Gasteiger partial charge on any atom is 0.320 e. The summed E-state index contributed by atoms with van der Waals surface area (Å²) in [6.07, 6.45) is 2.64. The largest absolute Gasteiger partial charge is 0.392 e. The first-order valence-corrected chi connectivity index (χ1v) is 9.76. The zero-order valence-corrected chi connectivity index (χ0v) is 15.3. The van der Waals surface area contributed by atoms with Gasteiger partial charge in [-0.3, -0.25) is 9.58 Å². The minimum absolute atomic E-state index is 0.114. The molecule has 0 saturated carbocycles. The summed E-state index contributed by atoms with van der Waals surface area (Å²) in [5, 5.41) is 14.6. The van der Waals surface area contributed by atoms with Crippen LogP contribution in [0.5, 0.6) is 0 Å². The number of amides is 2. The Morgan fingerprint density at radius 3 is 2.81 bits per heavy atom. The molecule has 3 aliphatic heterocycles. The van der Waals surface area contributed by atoms with Gasteiger partial charge in [0, 0.05) is 39.3 Å². The van der Waals surface area contributed by atoms with Crippen molar-refractivity contribution in [1.82, 2.24) is 24.5 Å². The number of piperidine rings is 1. The average molecular weight is 363 g/mol. The number of rotatable bonds is 2. The molecule has 1 N–H and O–H groups in total. The number of ether oxygens (including phenoxy) is 1. The first kappa shape index (κ1) is 17.8. The number of hydrogen-bond acceptors (Lipinski definition) is 5. The normalized spacial score (nSPS) is 25.0. The molecule has 26 heavy (non-hydrogen) atoms. The van der Waals surface area contributed by atoms with Crippen LogP contribution in [0.15, 0.2) is 6.07 Å². The van der Waals surface area contributed by atoms with Gasteiger partial charge < -0.3 is 19.6 Å². The number of fused-ring (bicyclic) bond motifs is 1. The summed E-state index contributed by atoms with van der Waals surface area (Å²) >= 11 is 0. The van der Waals surface area contributed by atoms with Crippen LogP contribution in [0.3, 0.4) is 0 Å². The zero-order valence-electron chi connectivity index (χ0n) is 15.3. The third-order valence-corrected chi connectivity index (χ3v) is 5.48. The summed E-state index contributed by atoms with van der Waals surface area (Å²) in [5.41, 5.74) is 2.14. The van der Waals surface area contributed by atoms with Gasteiger partial charge in [-0.2, -0.15) is 5.10 Å². The molecule has 8 heteroatoms. The van der Waals surface area contributed by atoms with Crippen molar-refractivity contribution < 1.29 is 14.6 Å². The van der Waals surface area contributed by atoms with Gasteiger partial charge >= 0.3 is 6.03 Å². The molecule has 8 nitrogen and oxygen atoms in total. The Morgan fingerprint density at radius 2 is 2.00 bits per heavy atom. The lowest BCUT2D eigenvalue weighted by molar-refractivity contribution is 0.0427. The molecule has 1 aromatic rings. The van der Waals surface area contributed by atoms with Crippen molar-refractivity contribution in [2.45, 2.75) is 45.0 Å². The number of carbonyl (C=O) groups is 1. The first-order chi connectivity index (χ1) is 12.7. The molecular weight excluding hydrogens is 334 g/mol. The number of aryl methyl sites for hydroxylation is 1. The third-order valence-electron chi connectivity index (χ3n) is 5.48. The van der Waals surface area contributed by atoms with Gasteiger partial charge in [0.25, 0.3) is 0 Å². The molecule has 1 aromatic heterocycles. The summed E-state index contributed by atoms with van der Waals surface area (Å²) in [5.74, 6) is 0. The van der Waals surface area contributed by atoms with E-state index < -0.39 is 0 Å². The lowest BCUT2D eigenvalue weighted by atomic mass is 10.1. The van der Waals surface area contributed by atoms with Crippen LogP contribution in [0.2, 0.25) is 0 Å². The quantitative estimate of drug-likeness (QED) is 0.828. The van der Waals surface area contributed by atoms with Crippen LogP contribution in [0.4, 0.5) is 4.79 Å². The molecule has 144 valence electrons. The lowest BCUT2D eigenvalue weighted by Gasteiger charge is -2.32. The van der Waals surface area contributed by atoms with E-state index in [2.05, 4.69) is 15.6 Å². The molecule has 2 saturated heterocycles. The second-order valence-electron chi connectivity index (χ2n) is 7.54. The van der Waals surface area contributed by atoms with E-state index in [-0.39, 0.29) is 12.1 Å². The molecule has 4 heterocycles. The van der Waals surface area contributed by atoms with E-state index in [1.54, 1.807) is 0 Å². The van der Waals surface area contributed by atoms with Crippen LogP contribution in [0, 0.1) is 0 Å². The van der Waals surface area contributed by atoms with Gasteiger partial charge in [0.2, 0.25) is 0 Å². The number of hydrogen-bond donors (Lipinski definition) is 1. The minimum Gasteiger partial charge on any atom is -0.392 e. The summed E-state index contributed by atoms with van der Waals surface area (Å²) < 4.78 is 7.41. The van der Waals surface area contributed by atoms with Crippen LogP contribution in [0.25, 0.3) is 0 Å². The first-order valence-electron chi connectivity index (χ1n) is 9.76. The molecule has 3 aliphatic rings. The Bertz CT molecular complexity index is 628. The van der Waals surface area contributed by atoms with Crippen LogP contribution >= 0.6 is 0 Å². The molecule has 0 unspecified atom stereocenters. The highest BCUT2D eigenvalue weighted by Gasteiger charge is 2.26. The van der Waals surface area contributed by atoms with Crippen molar-refractivity contribution >= 4 is 6.03 Å². The maximum absolute atomic E-state index is 12.8. The molecule has 0 aliphatic carbocycles. The van der Waals surface area contributed by atoms with Crippen molar-refractivity contribution in [2.75, 3.05) is 45.9 Å². The van der Waals surface area contributed by atoms with Gasteiger partial charge in [0.15, 0.2) is 0 Å². The molecule has 1 atom stereocenters. The number of aliphatic hydroxyl groups is 1. The molecule has 4 rings (SSSR count). The molecule has 0 aromatic carbocycles. The van der Waals surface area contributed by atoms with Crippen molar-refractivity contribution in [2.24, 2.45) is 0 Å². The fourth-order valence-electron chi connectivity index (χ4n) is 4.12. The van der Waals surface area contributed by atoms with Gasteiger partial charge in [-0.15, -0.1) is 0 Å². The maximum atomic E-state index is 12.8. The number of likely N-dealkylation sites (tertiary alicyclic amines) is 1. The van der Waals surface area contributed by atoms with Crippen LogP contribution in [-0.2, 0) is 24.4 Å². The Balaban J connectivity index is 1.41. The van der Waals surface area contributed by atoms with Crippen molar-refractivity contribution in [3.63, 3.8) is 0 Å². The summed E-state index contributed by atoms with van der Waals surface area (Å²) in [6.45, 7) is 7.37. The van der Waals surface area contributed by atoms with Gasteiger partial charge in [-0.05, 0) is 31.9 Å². The van der Waals surface area contributed by atoms with E-state index in [9.17, 15) is 9.90 Å². The van der Waals surface area contributed by atoms with Crippen LogP contribution in [0.1, 0.15) is 30.7 Å².